The molecule has 0 bridgehead atoms. The van der Waals surface area contributed by atoms with Crippen LogP contribution >= 0.6 is 0 Å². The van der Waals surface area contributed by atoms with Crippen molar-refractivity contribution in [1.82, 2.24) is 20.9 Å². The standard InChI is InChI=1S/C19H24N4O3/c1-19(7-8-20-11-19)21-9-12-3-2-4-13-10-23(18(26)16(12)13)14-5-6-15(24)22-17(14)25/h2-4,14,20-21H,5-11H2,1H3,(H,22,24,25)/t14?,19-/m1/s1. The lowest BCUT2D eigenvalue weighted by Gasteiger charge is -2.29. The molecular weight excluding hydrogens is 332 g/mol. The molecule has 7 heteroatoms. The number of carbonyl (C=O) groups excluding carboxylic acids is 3. The number of amides is 3. The van der Waals surface area contributed by atoms with Gasteiger partial charge >= 0.3 is 0 Å². The highest BCUT2D eigenvalue weighted by molar-refractivity contribution is 6.05. The van der Waals surface area contributed by atoms with Crippen molar-refractivity contribution >= 4 is 17.7 Å². The van der Waals surface area contributed by atoms with Crippen molar-refractivity contribution in [3.05, 3.63) is 34.9 Å². The second-order valence-corrected chi connectivity index (χ2v) is 7.69. The number of hydrogen-bond donors (Lipinski definition) is 3. The van der Waals surface area contributed by atoms with Gasteiger partial charge in [0.25, 0.3) is 5.91 Å². The first-order chi connectivity index (χ1) is 12.5. The summed E-state index contributed by atoms with van der Waals surface area (Å²) in [5.41, 5.74) is 2.66. The second-order valence-electron chi connectivity index (χ2n) is 7.69. The Kier molecular flexibility index (Phi) is 4.28. The molecule has 0 saturated carbocycles. The zero-order chi connectivity index (χ0) is 18.3. The number of rotatable bonds is 4. The van der Waals surface area contributed by atoms with Crippen LogP contribution in [0.5, 0.6) is 0 Å². The molecule has 1 unspecified atom stereocenters. The second kappa shape index (κ2) is 6.48. The molecule has 0 spiro atoms. The summed E-state index contributed by atoms with van der Waals surface area (Å²) in [6.45, 7) is 5.15. The third-order valence-corrected chi connectivity index (χ3v) is 5.71. The number of fused-ring (bicyclic) bond motifs is 1. The van der Waals surface area contributed by atoms with E-state index in [2.05, 4.69) is 22.9 Å². The summed E-state index contributed by atoms with van der Waals surface area (Å²) in [4.78, 5) is 38.2. The molecule has 0 radical (unpaired) electrons. The van der Waals surface area contributed by atoms with Crippen LogP contribution in [-0.4, -0.2) is 47.3 Å². The third kappa shape index (κ3) is 3.01. The van der Waals surface area contributed by atoms with Gasteiger partial charge in [-0.15, -0.1) is 0 Å². The van der Waals surface area contributed by atoms with Crippen molar-refractivity contribution in [2.75, 3.05) is 13.1 Å². The van der Waals surface area contributed by atoms with Crippen molar-refractivity contribution in [2.45, 2.75) is 50.9 Å². The molecule has 7 nitrogen and oxygen atoms in total. The van der Waals surface area contributed by atoms with Crippen LogP contribution in [-0.2, 0) is 22.7 Å². The molecular formula is C19H24N4O3. The van der Waals surface area contributed by atoms with Gasteiger partial charge in [-0.25, -0.2) is 0 Å². The highest BCUT2D eigenvalue weighted by Gasteiger charge is 2.40. The lowest BCUT2D eigenvalue weighted by Crippen LogP contribution is -2.52. The van der Waals surface area contributed by atoms with Crippen LogP contribution in [0.2, 0.25) is 0 Å². The highest BCUT2D eigenvalue weighted by atomic mass is 16.2. The molecule has 2 atom stereocenters. The zero-order valence-electron chi connectivity index (χ0n) is 14.9. The van der Waals surface area contributed by atoms with E-state index in [1.807, 2.05) is 18.2 Å². The summed E-state index contributed by atoms with van der Waals surface area (Å²) in [5, 5.41) is 9.28. The maximum absolute atomic E-state index is 13.0. The Morgan fingerprint density at radius 2 is 2.15 bits per heavy atom. The van der Waals surface area contributed by atoms with E-state index in [-0.39, 0.29) is 29.7 Å². The largest absolute Gasteiger partial charge is 0.322 e. The van der Waals surface area contributed by atoms with E-state index in [9.17, 15) is 14.4 Å². The molecule has 3 heterocycles. The first kappa shape index (κ1) is 17.2. The number of piperidine rings is 1. The SMILES string of the molecule is C[C@@]1(NCc2cccc3c2C(=O)N(C2CCC(=O)NC2=O)C3)CCNC1. The van der Waals surface area contributed by atoms with E-state index in [1.165, 1.54) is 0 Å². The summed E-state index contributed by atoms with van der Waals surface area (Å²) in [5.74, 6) is -0.744. The maximum atomic E-state index is 13.0. The predicted molar refractivity (Wildman–Crippen MR) is 95.2 cm³/mol. The van der Waals surface area contributed by atoms with Gasteiger partial charge in [-0.05, 0) is 37.4 Å². The van der Waals surface area contributed by atoms with Crippen molar-refractivity contribution in [3.63, 3.8) is 0 Å². The van der Waals surface area contributed by atoms with Gasteiger partial charge in [0.15, 0.2) is 0 Å². The molecule has 26 heavy (non-hydrogen) atoms. The summed E-state index contributed by atoms with van der Waals surface area (Å²) < 4.78 is 0. The predicted octanol–water partition coefficient (Wildman–Crippen LogP) is 0.289. The highest BCUT2D eigenvalue weighted by Crippen LogP contribution is 2.30. The van der Waals surface area contributed by atoms with Crippen LogP contribution in [0.15, 0.2) is 18.2 Å². The average molecular weight is 356 g/mol. The number of imide groups is 1. The minimum absolute atomic E-state index is 0.0354. The Labute approximate surface area is 152 Å². The molecule has 1 aromatic carbocycles. The number of hydrogen-bond acceptors (Lipinski definition) is 5. The lowest BCUT2D eigenvalue weighted by atomic mass is 9.99. The molecule has 2 saturated heterocycles. The van der Waals surface area contributed by atoms with Crippen molar-refractivity contribution in [1.29, 1.82) is 0 Å². The van der Waals surface area contributed by atoms with Gasteiger partial charge in [0.2, 0.25) is 11.8 Å². The minimum Gasteiger partial charge on any atom is -0.322 e. The van der Waals surface area contributed by atoms with Crippen molar-refractivity contribution < 1.29 is 14.4 Å². The molecule has 3 N–H and O–H groups in total. The fraction of sp³-hybridized carbons (Fsp3) is 0.526. The molecule has 4 rings (SSSR count). The summed E-state index contributed by atoms with van der Waals surface area (Å²) >= 11 is 0. The number of nitrogens with one attached hydrogen (secondary N) is 3. The molecule has 0 aliphatic carbocycles. The van der Waals surface area contributed by atoms with Gasteiger partial charge in [0.1, 0.15) is 6.04 Å². The molecule has 1 aromatic rings. The molecule has 3 aliphatic rings. The monoisotopic (exact) mass is 356 g/mol. The number of benzene rings is 1. The Morgan fingerprint density at radius 1 is 1.31 bits per heavy atom. The molecule has 138 valence electrons. The van der Waals surface area contributed by atoms with E-state index >= 15 is 0 Å². The van der Waals surface area contributed by atoms with Gasteiger partial charge < -0.3 is 15.5 Å². The number of carbonyl (C=O) groups is 3. The third-order valence-electron chi connectivity index (χ3n) is 5.71. The Hall–Kier alpha value is -2.25. The minimum atomic E-state index is -0.565. The number of nitrogens with zero attached hydrogens (tertiary/aromatic N) is 1. The first-order valence-corrected chi connectivity index (χ1v) is 9.18. The van der Waals surface area contributed by atoms with Crippen LogP contribution in [0, 0.1) is 0 Å². The summed E-state index contributed by atoms with van der Waals surface area (Å²) in [6.07, 6.45) is 1.72. The first-order valence-electron chi connectivity index (χ1n) is 9.18. The van der Waals surface area contributed by atoms with Crippen LogP contribution in [0.1, 0.15) is 47.7 Å². The Bertz CT molecular complexity index is 770. The lowest BCUT2D eigenvalue weighted by molar-refractivity contribution is -0.136. The van der Waals surface area contributed by atoms with Crippen LogP contribution in [0.25, 0.3) is 0 Å². The topological polar surface area (TPSA) is 90.5 Å². The maximum Gasteiger partial charge on any atom is 0.255 e. The normalized spacial score (nSPS) is 28.4. The van der Waals surface area contributed by atoms with Crippen LogP contribution in [0.4, 0.5) is 0 Å². The van der Waals surface area contributed by atoms with Gasteiger partial charge in [0.05, 0.1) is 0 Å². The van der Waals surface area contributed by atoms with Crippen LogP contribution < -0.4 is 16.0 Å². The molecule has 3 aliphatic heterocycles. The fourth-order valence-electron chi connectivity index (χ4n) is 4.11. The van der Waals surface area contributed by atoms with Gasteiger partial charge in [-0.3, -0.25) is 19.7 Å². The fourth-order valence-corrected chi connectivity index (χ4v) is 4.11. The van der Waals surface area contributed by atoms with Crippen LogP contribution in [0.3, 0.4) is 0 Å². The quantitative estimate of drug-likeness (QED) is 0.675. The molecule has 2 fully saturated rings. The van der Waals surface area contributed by atoms with Gasteiger partial charge in [-0.1, -0.05) is 18.2 Å². The van der Waals surface area contributed by atoms with Gasteiger partial charge in [-0.2, -0.15) is 0 Å². The zero-order valence-corrected chi connectivity index (χ0v) is 14.9. The van der Waals surface area contributed by atoms with E-state index in [1.54, 1.807) is 4.90 Å². The molecule has 0 aromatic heterocycles. The summed E-state index contributed by atoms with van der Waals surface area (Å²) in [7, 11) is 0. The molecule has 3 amide bonds. The van der Waals surface area contributed by atoms with E-state index in [0.29, 0.717) is 25.1 Å². The van der Waals surface area contributed by atoms with Crippen molar-refractivity contribution in [2.24, 2.45) is 0 Å². The Balaban J connectivity index is 1.53. The average Bonchev–Trinajstić information content (AvgIpc) is 3.18. The Morgan fingerprint density at radius 3 is 2.88 bits per heavy atom. The van der Waals surface area contributed by atoms with E-state index < -0.39 is 6.04 Å². The smallest absolute Gasteiger partial charge is 0.255 e. The summed E-state index contributed by atoms with van der Waals surface area (Å²) in [6, 6.07) is 5.32. The van der Waals surface area contributed by atoms with E-state index in [0.717, 1.165) is 30.6 Å². The van der Waals surface area contributed by atoms with Gasteiger partial charge in [0, 0.05) is 37.2 Å². The van der Waals surface area contributed by atoms with E-state index in [4.69, 9.17) is 0 Å². The van der Waals surface area contributed by atoms with Crippen molar-refractivity contribution in [3.8, 4) is 0 Å².